The second kappa shape index (κ2) is 8.86. The lowest BCUT2D eigenvalue weighted by Crippen LogP contribution is -2.46. The van der Waals surface area contributed by atoms with Crippen molar-refractivity contribution < 1.29 is 31.8 Å². The van der Waals surface area contributed by atoms with Gasteiger partial charge in [-0.3, -0.25) is 4.90 Å². The van der Waals surface area contributed by atoms with Gasteiger partial charge in [0.15, 0.2) is 0 Å². The summed E-state index contributed by atoms with van der Waals surface area (Å²) in [4.78, 5) is 17.8. The van der Waals surface area contributed by atoms with Gasteiger partial charge >= 0.3 is 12.3 Å². The van der Waals surface area contributed by atoms with Crippen LogP contribution < -0.4 is 14.4 Å². The van der Waals surface area contributed by atoms with Gasteiger partial charge in [0.1, 0.15) is 18.2 Å². The van der Waals surface area contributed by atoms with Gasteiger partial charge in [0.2, 0.25) is 5.88 Å². The van der Waals surface area contributed by atoms with Gasteiger partial charge in [0, 0.05) is 12.3 Å². The molecule has 0 N–H and O–H groups in total. The summed E-state index contributed by atoms with van der Waals surface area (Å²) in [6.45, 7) is -0.684. The molecule has 3 aromatic rings. The number of nitrogens with zero attached hydrogens (tertiary/aromatic N) is 2. The third-order valence-electron chi connectivity index (χ3n) is 5.05. The number of halogens is 4. The van der Waals surface area contributed by atoms with Crippen molar-refractivity contribution in [2.45, 2.75) is 25.1 Å². The molecule has 166 valence electrons. The highest BCUT2D eigenvalue weighted by molar-refractivity contribution is 5.91. The van der Waals surface area contributed by atoms with Gasteiger partial charge in [-0.15, -0.1) is 0 Å². The van der Waals surface area contributed by atoms with Crippen molar-refractivity contribution in [3.63, 3.8) is 0 Å². The number of aromatic nitrogens is 1. The van der Waals surface area contributed by atoms with Gasteiger partial charge in [-0.2, -0.15) is 13.2 Å². The molecule has 0 saturated heterocycles. The zero-order chi connectivity index (χ0) is 22.7. The molecular weight excluding hydrogens is 428 g/mol. The normalized spacial score (nSPS) is 15.8. The zero-order valence-electron chi connectivity index (χ0n) is 16.7. The molecule has 32 heavy (non-hydrogen) atoms. The average Bonchev–Trinajstić information content (AvgIpc) is 2.79. The van der Waals surface area contributed by atoms with Crippen molar-refractivity contribution >= 4 is 11.8 Å². The van der Waals surface area contributed by atoms with E-state index < -0.39 is 30.5 Å². The molecule has 0 saturated carbocycles. The molecule has 5 nitrogen and oxygen atoms in total. The van der Waals surface area contributed by atoms with Gasteiger partial charge < -0.3 is 9.47 Å². The Morgan fingerprint density at radius 2 is 1.75 bits per heavy atom. The smallest absolute Gasteiger partial charge is 0.420 e. The predicted octanol–water partition coefficient (Wildman–Crippen LogP) is 6.18. The maximum Gasteiger partial charge on any atom is 0.420 e. The molecule has 9 heteroatoms. The van der Waals surface area contributed by atoms with Crippen LogP contribution in [-0.4, -0.2) is 23.8 Å². The van der Waals surface area contributed by atoms with Crippen LogP contribution in [-0.2, 0) is 12.6 Å². The number of rotatable bonds is 4. The molecule has 1 amide bonds. The third kappa shape index (κ3) is 4.66. The Bertz CT molecular complexity index is 1090. The number of fused-ring (bicyclic) bond motifs is 1. The Kier molecular flexibility index (Phi) is 5.98. The summed E-state index contributed by atoms with van der Waals surface area (Å²) >= 11 is 0. The lowest BCUT2D eigenvalue weighted by molar-refractivity contribution is -0.137. The molecule has 0 radical (unpaired) electrons. The minimum atomic E-state index is -4.48. The van der Waals surface area contributed by atoms with Crippen molar-refractivity contribution in [1.82, 2.24) is 4.98 Å². The number of amides is 1. The fraction of sp³-hybridized carbons (Fsp3) is 0.217. The topological polar surface area (TPSA) is 51.7 Å². The number of anilines is 1. The molecule has 1 atom stereocenters. The van der Waals surface area contributed by atoms with Crippen LogP contribution in [0, 0.1) is 0 Å². The summed E-state index contributed by atoms with van der Waals surface area (Å²) in [5.41, 5.74) is 0.694. The van der Waals surface area contributed by atoms with E-state index >= 15 is 0 Å². The quantitative estimate of drug-likeness (QED) is 0.449. The summed E-state index contributed by atoms with van der Waals surface area (Å²) in [7, 11) is 0. The minimum Gasteiger partial charge on any atom is -0.439 e. The van der Waals surface area contributed by atoms with E-state index in [1.807, 2.05) is 12.1 Å². The lowest BCUT2D eigenvalue weighted by atomic mass is 9.97. The largest absolute Gasteiger partial charge is 0.439 e. The minimum absolute atomic E-state index is 0.0153. The van der Waals surface area contributed by atoms with Crippen LogP contribution in [0.4, 0.5) is 28.0 Å². The highest BCUT2D eigenvalue weighted by Crippen LogP contribution is 2.33. The molecule has 2 heterocycles. The van der Waals surface area contributed by atoms with E-state index in [9.17, 15) is 22.4 Å². The highest BCUT2D eigenvalue weighted by Gasteiger charge is 2.32. The summed E-state index contributed by atoms with van der Waals surface area (Å²) in [5, 5.41) is 0. The van der Waals surface area contributed by atoms with Crippen LogP contribution in [0.3, 0.4) is 0 Å². The van der Waals surface area contributed by atoms with E-state index in [1.54, 1.807) is 12.1 Å². The van der Waals surface area contributed by atoms with Crippen LogP contribution >= 0.6 is 0 Å². The first-order chi connectivity index (χ1) is 15.3. The Labute approximate surface area is 181 Å². The van der Waals surface area contributed by atoms with Crippen LogP contribution in [0.2, 0.25) is 0 Å². The van der Waals surface area contributed by atoms with Crippen molar-refractivity contribution in [2.75, 3.05) is 11.6 Å². The fourth-order valence-corrected chi connectivity index (χ4v) is 3.45. The van der Waals surface area contributed by atoms with E-state index in [-0.39, 0.29) is 11.6 Å². The second-order valence-electron chi connectivity index (χ2n) is 7.17. The van der Waals surface area contributed by atoms with Crippen molar-refractivity contribution in [2.24, 2.45) is 0 Å². The van der Waals surface area contributed by atoms with Crippen molar-refractivity contribution in [3.8, 4) is 17.4 Å². The summed E-state index contributed by atoms with van der Waals surface area (Å²) < 4.78 is 62.2. The van der Waals surface area contributed by atoms with Gasteiger partial charge in [-0.1, -0.05) is 18.2 Å². The van der Waals surface area contributed by atoms with Gasteiger partial charge in [-0.25, -0.2) is 14.2 Å². The number of pyridine rings is 1. The van der Waals surface area contributed by atoms with E-state index in [0.717, 1.165) is 17.7 Å². The van der Waals surface area contributed by atoms with Crippen LogP contribution in [0.15, 0.2) is 66.9 Å². The lowest BCUT2D eigenvalue weighted by Gasteiger charge is -2.34. The van der Waals surface area contributed by atoms with Gasteiger partial charge in [-0.05, 0) is 54.8 Å². The number of hydrogen-bond donors (Lipinski definition) is 0. The number of benzene rings is 2. The van der Waals surface area contributed by atoms with E-state index in [4.69, 9.17) is 9.47 Å². The molecule has 4 rings (SSSR count). The van der Waals surface area contributed by atoms with Gasteiger partial charge in [0.25, 0.3) is 0 Å². The molecule has 1 aliphatic rings. The Hall–Kier alpha value is -3.62. The summed E-state index contributed by atoms with van der Waals surface area (Å²) in [5.74, 6) is 0.490. The zero-order valence-corrected chi connectivity index (χ0v) is 16.7. The number of ether oxygens (including phenoxy) is 2. The van der Waals surface area contributed by atoms with E-state index in [0.29, 0.717) is 30.5 Å². The second-order valence-corrected chi connectivity index (χ2v) is 7.17. The molecule has 1 unspecified atom stereocenters. The van der Waals surface area contributed by atoms with E-state index in [1.165, 1.54) is 29.2 Å². The predicted molar refractivity (Wildman–Crippen MR) is 109 cm³/mol. The van der Waals surface area contributed by atoms with Crippen molar-refractivity contribution in [1.29, 1.82) is 0 Å². The Balaban J connectivity index is 1.44. The number of hydrogen-bond acceptors (Lipinski definition) is 4. The van der Waals surface area contributed by atoms with Crippen LogP contribution in [0.5, 0.6) is 17.4 Å². The summed E-state index contributed by atoms with van der Waals surface area (Å²) in [6, 6.07) is 14.6. The van der Waals surface area contributed by atoms with Crippen molar-refractivity contribution in [3.05, 3.63) is 78.0 Å². The first-order valence-corrected chi connectivity index (χ1v) is 9.81. The molecule has 2 aromatic carbocycles. The highest BCUT2D eigenvalue weighted by atomic mass is 19.4. The Morgan fingerprint density at radius 3 is 2.41 bits per heavy atom. The van der Waals surface area contributed by atoms with Gasteiger partial charge in [0.05, 0.1) is 17.3 Å². The Morgan fingerprint density at radius 1 is 1.03 bits per heavy atom. The molecule has 1 aromatic heterocycles. The SMILES string of the molecule is O=C(Oc1ccc(Oc2ccc(C(F)(F)F)cn2)cc1)N1c2ccccc2CCC1CF. The summed E-state index contributed by atoms with van der Waals surface area (Å²) in [6.07, 6.45) is -3.32. The molecule has 1 aliphatic heterocycles. The molecular formula is C23H18F4N2O3. The van der Waals surface area contributed by atoms with Crippen LogP contribution in [0.25, 0.3) is 0 Å². The standard InChI is InChI=1S/C23H18F4N2O3/c24-13-17-7-5-15-3-1-2-4-20(15)29(17)22(30)32-19-10-8-18(9-11-19)31-21-12-6-16(14-28-21)23(25,26)27/h1-4,6,8-12,14,17H,5,7,13H2. The number of carbonyl (C=O) groups excluding carboxylic acids is 1. The molecule has 0 spiro atoms. The maximum atomic E-state index is 13.5. The molecule has 0 aliphatic carbocycles. The average molecular weight is 446 g/mol. The molecule has 0 fully saturated rings. The monoisotopic (exact) mass is 446 g/mol. The first kappa shape index (κ1) is 21.6. The maximum absolute atomic E-state index is 13.5. The van der Waals surface area contributed by atoms with E-state index in [2.05, 4.69) is 4.98 Å². The van der Waals surface area contributed by atoms with Crippen LogP contribution in [0.1, 0.15) is 17.5 Å². The third-order valence-corrected chi connectivity index (χ3v) is 5.05. The first-order valence-electron chi connectivity index (χ1n) is 9.81. The fourth-order valence-electron chi connectivity index (χ4n) is 3.45. The molecule has 0 bridgehead atoms. The number of aryl methyl sites for hydroxylation is 1. The number of alkyl halides is 4. The number of carbonyl (C=O) groups is 1. The number of para-hydroxylation sites is 1.